The third kappa shape index (κ3) is 4.26. The van der Waals surface area contributed by atoms with E-state index in [-0.39, 0.29) is 24.2 Å². The summed E-state index contributed by atoms with van der Waals surface area (Å²) >= 11 is 0. The number of carbonyl (C=O) groups is 2. The van der Waals surface area contributed by atoms with Gasteiger partial charge in [-0.05, 0) is 37.4 Å². The number of likely N-dealkylation sites (N-methyl/N-ethyl adjacent to an activating group) is 1. The van der Waals surface area contributed by atoms with E-state index in [1.807, 2.05) is 11.9 Å². The monoisotopic (exact) mass is 355 g/mol. The van der Waals surface area contributed by atoms with Crippen LogP contribution in [0, 0.1) is 5.82 Å². The minimum Gasteiger partial charge on any atom is -0.348 e. The molecule has 1 N–H and O–H groups in total. The fourth-order valence-corrected chi connectivity index (χ4v) is 2.88. The fraction of sp³-hybridized carbons (Fsp3) is 0.300. The van der Waals surface area contributed by atoms with Gasteiger partial charge in [0.05, 0.1) is 0 Å². The molecule has 2 amide bonds. The number of nitrogens with zero attached hydrogens (tertiary/aromatic N) is 2. The van der Waals surface area contributed by atoms with Crippen molar-refractivity contribution in [2.24, 2.45) is 0 Å². The van der Waals surface area contributed by atoms with Gasteiger partial charge in [0.15, 0.2) is 0 Å². The van der Waals surface area contributed by atoms with E-state index in [0.717, 1.165) is 13.1 Å². The maximum atomic E-state index is 13.6. The van der Waals surface area contributed by atoms with Crippen LogP contribution < -0.4 is 5.32 Å². The lowest BCUT2D eigenvalue weighted by Gasteiger charge is -2.32. The van der Waals surface area contributed by atoms with Gasteiger partial charge < -0.3 is 15.1 Å². The Balaban J connectivity index is 1.59. The maximum absolute atomic E-state index is 13.6. The Morgan fingerprint density at radius 3 is 2.23 bits per heavy atom. The molecule has 6 heteroatoms. The molecule has 0 aliphatic carbocycles. The first-order chi connectivity index (χ1) is 12.5. The minimum atomic E-state index is -0.346. The van der Waals surface area contributed by atoms with Gasteiger partial charge in [-0.25, -0.2) is 4.39 Å². The first kappa shape index (κ1) is 18.1. The molecule has 0 unspecified atom stereocenters. The molecule has 0 radical (unpaired) electrons. The summed E-state index contributed by atoms with van der Waals surface area (Å²) in [5.74, 6) is -0.663. The highest BCUT2D eigenvalue weighted by Gasteiger charge is 2.20. The van der Waals surface area contributed by atoms with Crippen LogP contribution >= 0.6 is 0 Å². The number of rotatable bonds is 4. The molecule has 26 heavy (non-hydrogen) atoms. The predicted octanol–water partition coefficient (Wildman–Crippen LogP) is 2.14. The topological polar surface area (TPSA) is 52.7 Å². The Morgan fingerprint density at radius 2 is 1.58 bits per heavy atom. The van der Waals surface area contributed by atoms with Crippen LogP contribution in [0.25, 0.3) is 0 Å². The Hall–Kier alpha value is -2.73. The van der Waals surface area contributed by atoms with E-state index >= 15 is 0 Å². The summed E-state index contributed by atoms with van der Waals surface area (Å²) in [7, 11) is 2.04. The number of carbonyl (C=O) groups excluding carboxylic acids is 2. The molecule has 0 spiro atoms. The summed E-state index contributed by atoms with van der Waals surface area (Å²) in [4.78, 5) is 28.7. The van der Waals surface area contributed by atoms with Crippen molar-refractivity contribution in [2.45, 2.75) is 6.54 Å². The SMILES string of the molecule is CN1CCN(C(=O)c2ccc(C(=O)NCc3ccccc3F)cc2)CC1. The van der Waals surface area contributed by atoms with Gasteiger partial charge in [0.2, 0.25) is 0 Å². The van der Waals surface area contributed by atoms with E-state index in [4.69, 9.17) is 0 Å². The van der Waals surface area contributed by atoms with Crippen molar-refractivity contribution in [1.82, 2.24) is 15.1 Å². The van der Waals surface area contributed by atoms with Crippen LogP contribution in [-0.2, 0) is 6.54 Å². The van der Waals surface area contributed by atoms with Gasteiger partial charge in [-0.3, -0.25) is 9.59 Å². The molecule has 1 saturated heterocycles. The van der Waals surface area contributed by atoms with Crippen molar-refractivity contribution in [2.75, 3.05) is 33.2 Å². The number of nitrogens with one attached hydrogen (secondary N) is 1. The largest absolute Gasteiger partial charge is 0.348 e. The maximum Gasteiger partial charge on any atom is 0.253 e. The van der Waals surface area contributed by atoms with Crippen LogP contribution in [0.3, 0.4) is 0 Å². The normalized spacial score (nSPS) is 14.9. The van der Waals surface area contributed by atoms with Crippen LogP contribution in [0.1, 0.15) is 26.3 Å². The summed E-state index contributed by atoms with van der Waals surface area (Å²) in [5, 5.41) is 2.69. The smallest absolute Gasteiger partial charge is 0.253 e. The van der Waals surface area contributed by atoms with Crippen molar-refractivity contribution in [1.29, 1.82) is 0 Å². The van der Waals surface area contributed by atoms with E-state index in [1.165, 1.54) is 6.07 Å². The highest BCUT2D eigenvalue weighted by Crippen LogP contribution is 2.11. The number of amides is 2. The van der Waals surface area contributed by atoms with Gasteiger partial charge in [0.1, 0.15) is 5.82 Å². The third-order valence-corrected chi connectivity index (χ3v) is 4.58. The van der Waals surface area contributed by atoms with Crippen molar-refractivity contribution >= 4 is 11.8 Å². The Labute approximate surface area is 152 Å². The van der Waals surface area contributed by atoms with E-state index in [9.17, 15) is 14.0 Å². The average molecular weight is 355 g/mol. The van der Waals surface area contributed by atoms with Gasteiger partial charge in [0.25, 0.3) is 11.8 Å². The first-order valence-corrected chi connectivity index (χ1v) is 8.64. The zero-order valence-electron chi connectivity index (χ0n) is 14.7. The number of hydrogen-bond donors (Lipinski definition) is 1. The Morgan fingerprint density at radius 1 is 0.962 bits per heavy atom. The standard InChI is InChI=1S/C20H22FN3O2/c1-23-10-12-24(13-11-23)20(26)16-8-6-15(7-9-16)19(25)22-14-17-4-2-3-5-18(17)21/h2-9H,10-14H2,1H3,(H,22,25). The molecule has 136 valence electrons. The number of piperazine rings is 1. The van der Waals surface area contributed by atoms with Crippen LogP contribution in [0.2, 0.25) is 0 Å². The highest BCUT2D eigenvalue weighted by molar-refractivity contribution is 5.97. The summed E-state index contributed by atoms with van der Waals surface area (Å²) in [5.41, 5.74) is 1.44. The molecular weight excluding hydrogens is 333 g/mol. The summed E-state index contributed by atoms with van der Waals surface area (Å²) in [6, 6.07) is 12.9. The molecule has 0 bridgehead atoms. The molecule has 5 nitrogen and oxygen atoms in total. The van der Waals surface area contributed by atoms with Gasteiger partial charge in [-0.1, -0.05) is 18.2 Å². The molecule has 3 rings (SSSR count). The minimum absolute atomic E-state index is 0.0172. The fourth-order valence-electron chi connectivity index (χ4n) is 2.88. The second-order valence-corrected chi connectivity index (χ2v) is 6.45. The van der Waals surface area contributed by atoms with Crippen molar-refractivity contribution in [3.05, 3.63) is 71.0 Å². The molecule has 0 saturated carbocycles. The van der Waals surface area contributed by atoms with Gasteiger partial charge in [0, 0.05) is 49.4 Å². The van der Waals surface area contributed by atoms with Crippen LogP contribution in [0.4, 0.5) is 4.39 Å². The predicted molar refractivity (Wildman–Crippen MR) is 97.4 cm³/mol. The molecule has 1 heterocycles. The summed E-state index contributed by atoms with van der Waals surface area (Å²) in [6.45, 7) is 3.26. The van der Waals surface area contributed by atoms with Crippen molar-refractivity contribution in [3.8, 4) is 0 Å². The van der Waals surface area contributed by atoms with E-state index in [0.29, 0.717) is 29.8 Å². The van der Waals surface area contributed by atoms with E-state index in [1.54, 1.807) is 42.5 Å². The molecule has 2 aromatic carbocycles. The van der Waals surface area contributed by atoms with Gasteiger partial charge in [-0.15, -0.1) is 0 Å². The van der Waals surface area contributed by atoms with Gasteiger partial charge >= 0.3 is 0 Å². The molecule has 1 fully saturated rings. The lowest BCUT2D eigenvalue weighted by molar-refractivity contribution is 0.0663. The summed E-state index contributed by atoms with van der Waals surface area (Å²) in [6.07, 6.45) is 0. The van der Waals surface area contributed by atoms with Crippen LogP contribution in [-0.4, -0.2) is 54.8 Å². The average Bonchev–Trinajstić information content (AvgIpc) is 2.67. The van der Waals surface area contributed by atoms with Crippen molar-refractivity contribution in [3.63, 3.8) is 0 Å². The van der Waals surface area contributed by atoms with Gasteiger partial charge in [-0.2, -0.15) is 0 Å². The Kier molecular flexibility index (Phi) is 5.63. The summed E-state index contributed by atoms with van der Waals surface area (Å²) < 4.78 is 13.6. The van der Waals surface area contributed by atoms with Crippen LogP contribution in [0.5, 0.6) is 0 Å². The number of benzene rings is 2. The lowest BCUT2D eigenvalue weighted by Crippen LogP contribution is -2.47. The number of hydrogen-bond acceptors (Lipinski definition) is 3. The van der Waals surface area contributed by atoms with Crippen molar-refractivity contribution < 1.29 is 14.0 Å². The molecule has 1 aliphatic heterocycles. The second-order valence-electron chi connectivity index (χ2n) is 6.45. The highest BCUT2D eigenvalue weighted by atomic mass is 19.1. The zero-order valence-corrected chi connectivity index (χ0v) is 14.7. The van der Waals surface area contributed by atoms with E-state index < -0.39 is 0 Å². The third-order valence-electron chi connectivity index (χ3n) is 4.58. The quantitative estimate of drug-likeness (QED) is 0.914. The second kappa shape index (κ2) is 8.10. The molecule has 2 aromatic rings. The molecule has 0 aromatic heterocycles. The molecule has 0 atom stereocenters. The first-order valence-electron chi connectivity index (χ1n) is 8.64. The van der Waals surface area contributed by atoms with Crippen LogP contribution in [0.15, 0.2) is 48.5 Å². The zero-order chi connectivity index (χ0) is 18.5. The lowest BCUT2D eigenvalue weighted by atomic mass is 10.1. The Bertz CT molecular complexity index is 784. The van der Waals surface area contributed by atoms with E-state index in [2.05, 4.69) is 10.2 Å². The molecule has 1 aliphatic rings. The number of halogens is 1. The molecular formula is C20H22FN3O2.